The topological polar surface area (TPSA) is 87.0 Å². The van der Waals surface area contributed by atoms with E-state index in [4.69, 9.17) is 20.1 Å². The number of aliphatic hydroxyl groups is 2. The minimum absolute atomic E-state index is 0.123. The van der Waals surface area contributed by atoms with Crippen molar-refractivity contribution in [1.82, 2.24) is 0 Å². The highest BCUT2D eigenvalue weighted by Crippen LogP contribution is 2.20. The summed E-state index contributed by atoms with van der Waals surface area (Å²) >= 11 is 0. The summed E-state index contributed by atoms with van der Waals surface area (Å²) in [6.07, 6.45) is -0.887. The SMILES string of the molecule is CC(C(=O)OC(CO)CO)c1ccc(O)cc1. The van der Waals surface area contributed by atoms with Crippen LogP contribution in [-0.2, 0) is 9.53 Å². The Labute approximate surface area is 99.3 Å². The van der Waals surface area contributed by atoms with E-state index in [0.717, 1.165) is 0 Å². The van der Waals surface area contributed by atoms with Crippen LogP contribution in [0.3, 0.4) is 0 Å². The number of aromatic hydroxyl groups is 1. The first-order chi connectivity index (χ1) is 8.08. The Bertz CT molecular complexity index is 356. The van der Waals surface area contributed by atoms with Gasteiger partial charge in [0.1, 0.15) is 11.9 Å². The highest BCUT2D eigenvalue weighted by atomic mass is 16.6. The summed E-state index contributed by atoms with van der Waals surface area (Å²) in [5.41, 5.74) is 0.697. The van der Waals surface area contributed by atoms with E-state index in [1.165, 1.54) is 12.1 Å². The van der Waals surface area contributed by atoms with E-state index in [9.17, 15) is 4.79 Å². The highest BCUT2D eigenvalue weighted by molar-refractivity contribution is 5.77. The smallest absolute Gasteiger partial charge is 0.313 e. The van der Waals surface area contributed by atoms with Gasteiger partial charge in [-0.15, -0.1) is 0 Å². The molecule has 0 radical (unpaired) electrons. The Kier molecular flexibility index (Phi) is 4.93. The Balaban J connectivity index is 2.66. The van der Waals surface area contributed by atoms with Crippen molar-refractivity contribution in [1.29, 1.82) is 0 Å². The largest absolute Gasteiger partial charge is 0.508 e. The summed E-state index contributed by atoms with van der Waals surface area (Å²) in [6.45, 7) is 0.829. The van der Waals surface area contributed by atoms with Crippen molar-refractivity contribution in [2.75, 3.05) is 13.2 Å². The van der Waals surface area contributed by atoms with Crippen LogP contribution in [-0.4, -0.2) is 40.6 Å². The third kappa shape index (κ3) is 3.72. The summed E-state index contributed by atoms with van der Waals surface area (Å²) < 4.78 is 4.89. The van der Waals surface area contributed by atoms with Crippen molar-refractivity contribution < 1.29 is 24.9 Å². The van der Waals surface area contributed by atoms with E-state index in [1.54, 1.807) is 19.1 Å². The first-order valence-electron chi connectivity index (χ1n) is 5.29. The fraction of sp³-hybridized carbons (Fsp3) is 0.417. The van der Waals surface area contributed by atoms with Gasteiger partial charge in [0.05, 0.1) is 19.1 Å². The van der Waals surface area contributed by atoms with Gasteiger partial charge in [0.15, 0.2) is 0 Å². The average molecular weight is 240 g/mol. The molecule has 1 aromatic carbocycles. The number of phenolic OH excluding ortho intramolecular Hbond substituents is 1. The Morgan fingerprint density at radius 2 is 1.76 bits per heavy atom. The van der Waals surface area contributed by atoms with Gasteiger partial charge < -0.3 is 20.1 Å². The molecular weight excluding hydrogens is 224 g/mol. The lowest BCUT2D eigenvalue weighted by molar-refractivity contribution is -0.154. The molecule has 0 aliphatic carbocycles. The fourth-order valence-corrected chi connectivity index (χ4v) is 1.30. The maximum absolute atomic E-state index is 11.6. The summed E-state index contributed by atoms with van der Waals surface area (Å²) in [4.78, 5) is 11.6. The molecule has 1 unspecified atom stereocenters. The molecule has 0 fully saturated rings. The Morgan fingerprint density at radius 1 is 1.24 bits per heavy atom. The number of hydrogen-bond donors (Lipinski definition) is 3. The van der Waals surface area contributed by atoms with Gasteiger partial charge in [-0.3, -0.25) is 4.79 Å². The van der Waals surface area contributed by atoms with E-state index in [0.29, 0.717) is 5.56 Å². The fourth-order valence-electron chi connectivity index (χ4n) is 1.30. The molecule has 94 valence electrons. The molecule has 17 heavy (non-hydrogen) atoms. The van der Waals surface area contributed by atoms with Gasteiger partial charge in [-0.1, -0.05) is 12.1 Å². The van der Waals surface area contributed by atoms with Gasteiger partial charge in [0, 0.05) is 0 Å². The number of benzene rings is 1. The maximum Gasteiger partial charge on any atom is 0.313 e. The van der Waals surface area contributed by atoms with Gasteiger partial charge in [-0.2, -0.15) is 0 Å². The lowest BCUT2D eigenvalue weighted by Crippen LogP contribution is -2.27. The zero-order chi connectivity index (χ0) is 12.8. The van der Waals surface area contributed by atoms with Crippen LogP contribution in [0, 0.1) is 0 Å². The van der Waals surface area contributed by atoms with E-state index in [1.807, 2.05) is 0 Å². The number of hydrogen-bond acceptors (Lipinski definition) is 5. The van der Waals surface area contributed by atoms with Crippen molar-refractivity contribution >= 4 is 5.97 Å². The van der Waals surface area contributed by atoms with E-state index in [2.05, 4.69) is 0 Å². The van der Waals surface area contributed by atoms with Gasteiger partial charge in [0.2, 0.25) is 0 Å². The van der Waals surface area contributed by atoms with Crippen molar-refractivity contribution in [3.63, 3.8) is 0 Å². The van der Waals surface area contributed by atoms with Gasteiger partial charge >= 0.3 is 5.97 Å². The van der Waals surface area contributed by atoms with Crippen molar-refractivity contribution in [3.05, 3.63) is 29.8 Å². The molecule has 0 saturated heterocycles. The predicted molar refractivity (Wildman–Crippen MR) is 60.6 cm³/mol. The first kappa shape index (κ1) is 13.5. The number of ether oxygens (including phenoxy) is 1. The molecule has 5 nitrogen and oxygen atoms in total. The van der Waals surface area contributed by atoms with Crippen LogP contribution in [0.1, 0.15) is 18.4 Å². The van der Waals surface area contributed by atoms with Gasteiger partial charge in [-0.25, -0.2) is 0 Å². The van der Waals surface area contributed by atoms with Gasteiger partial charge in [0.25, 0.3) is 0 Å². The molecule has 0 saturated carbocycles. The second-order valence-electron chi connectivity index (χ2n) is 3.74. The van der Waals surface area contributed by atoms with Crippen molar-refractivity contribution in [3.8, 4) is 5.75 Å². The molecule has 3 N–H and O–H groups in total. The number of carbonyl (C=O) groups excluding carboxylic acids is 1. The van der Waals surface area contributed by atoms with Gasteiger partial charge in [-0.05, 0) is 24.6 Å². The third-order valence-corrected chi connectivity index (χ3v) is 2.44. The molecule has 0 aliphatic heterocycles. The summed E-state index contributed by atoms with van der Waals surface area (Å²) in [7, 11) is 0. The third-order valence-electron chi connectivity index (χ3n) is 2.44. The quantitative estimate of drug-likeness (QED) is 0.648. The second kappa shape index (κ2) is 6.22. The number of carbonyl (C=O) groups is 1. The number of rotatable bonds is 5. The first-order valence-corrected chi connectivity index (χ1v) is 5.29. The molecule has 0 heterocycles. The predicted octanol–water partition coefficient (Wildman–Crippen LogP) is 0.392. The van der Waals surface area contributed by atoms with Crippen LogP contribution >= 0.6 is 0 Å². The van der Waals surface area contributed by atoms with E-state index >= 15 is 0 Å². The lowest BCUT2D eigenvalue weighted by atomic mass is 10.0. The Morgan fingerprint density at radius 3 is 2.24 bits per heavy atom. The number of aliphatic hydroxyl groups excluding tert-OH is 2. The van der Waals surface area contributed by atoms with E-state index < -0.39 is 31.2 Å². The zero-order valence-corrected chi connectivity index (χ0v) is 9.54. The number of phenols is 1. The average Bonchev–Trinajstić information content (AvgIpc) is 2.35. The summed E-state index contributed by atoms with van der Waals surface area (Å²) in [6, 6.07) is 6.20. The molecule has 0 aromatic heterocycles. The number of esters is 1. The van der Waals surface area contributed by atoms with Crippen LogP contribution in [0.25, 0.3) is 0 Å². The molecule has 0 aliphatic rings. The summed E-state index contributed by atoms with van der Waals surface area (Å²) in [5, 5.41) is 26.7. The van der Waals surface area contributed by atoms with Crippen molar-refractivity contribution in [2.45, 2.75) is 18.9 Å². The molecule has 1 rings (SSSR count). The maximum atomic E-state index is 11.6. The second-order valence-corrected chi connectivity index (χ2v) is 3.74. The molecule has 1 aromatic rings. The van der Waals surface area contributed by atoms with Crippen LogP contribution < -0.4 is 0 Å². The van der Waals surface area contributed by atoms with Crippen molar-refractivity contribution in [2.24, 2.45) is 0 Å². The summed E-state index contributed by atoms with van der Waals surface area (Å²) in [5.74, 6) is -0.919. The highest BCUT2D eigenvalue weighted by Gasteiger charge is 2.20. The molecule has 0 bridgehead atoms. The van der Waals surface area contributed by atoms with Crippen LogP contribution in [0.5, 0.6) is 5.75 Å². The minimum Gasteiger partial charge on any atom is -0.508 e. The Hall–Kier alpha value is -1.59. The molecule has 0 amide bonds. The molecule has 0 spiro atoms. The lowest BCUT2D eigenvalue weighted by Gasteiger charge is -2.16. The monoisotopic (exact) mass is 240 g/mol. The van der Waals surface area contributed by atoms with E-state index in [-0.39, 0.29) is 5.75 Å². The van der Waals surface area contributed by atoms with Crippen LogP contribution in [0.2, 0.25) is 0 Å². The van der Waals surface area contributed by atoms with Crippen LogP contribution in [0.4, 0.5) is 0 Å². The van der Waals surface area contributed by atoms with Crippen LogP contribution in [0.15, 0.2) is 24.3 Å². The molecule has 1 atom stereocenters. The molecule has 5 heteroatoms. The zero-order valence-electron chi connectivity index (χ0n) is 9.54. The standard InChI is InChI=1S/C12H16O5/c1-8(9-2-4-10(15)5-3-9)12(16)17-11(6-13)7-14/h2-5,8,11,13-15H,6-7H2,1H3. The molecular formula is C12H16O5. The normalized spacial score (nSPS) is 12.5. The minimum atomic E-state index is -0.887.